The Morgan fingerprint density at radius 1 is 1.00 bits per heavy atom. The van der Waals surface area contributed by atoms with Crippen LogP contribution in [0.2, 0.25) is 0 Å². The van der Waals surface area contributed by atoms with Crippen LogP contribution in [0, 0.1) is 50.9 Å². The molecule has 0 rings (SSSR count). The maximum Gasteiger partial charge on any atom is 0.0786 e. The second-order valence-electron chi connectivity index (χ2n) is 1.01. The summed E-state index contributed by atoms with van der Waals surface area (Å²) >= 11 is 0. The monoisotopic (exact) mass is 162 g/mol. The molecule has 1 unspecified atom stereocenters. The Morgan fingerprint density at radius 3 is 1.25 bits per heavy atom. The topological polar surface area (TPSA) is 52.0 Å². The predicted molar refractivity (Wildman–Crippen MR) is 55.5 cm³/mol. The summed E-state index contributed by atoms with van der Waals surface area (Å²) in [5.41, 5.74) is 10.1. The van der Waals surface area contributed by atoms with E-state index in [4.69, 9.17) is 17.9 Å². The molecule has 0 aromatic rings. The molecule has 0 spiro atoms. The summed E-state index contributed by atoms with van der Waals surface area (Å²) in [4.78, 5) is 0. The van der Waals surface area contributed by atoms with E-state index in [0.29, 0.717) is 6.54 Å². The van der Waals surface area contributed by atoms with Crippen molar-refractivity contribution in [2.75, 3.05) is 6.54 Å². The number of nitrogens with two attached hydrogens (primary N) is 2. The van der Waals surface area contributed by atoms with Crippen molar-refractivity contribution in [1.29, 1.82) is 0 Å². The van der Waals surface area contributed by atoms with E-state index in [1.807, 2.05) is 0 Å². The molecular weight excluding hydrogens is 148 g/mol. The Hall–Kier alpha value is -1.84. The standard InChI is InChI=1S/C4H8N2.3C2H2/c1-2-4(6)3-5;3*1-2/h1,4H,3,5-6H2;3*1-2H. The number of rotatable bonds is 1. The van der Waals surface area contributed by atoms with Crippen molar-refractivity contribution < 1.29 is 0 Å². The number of hydrogen-bond acceptors (Lipinski definition) is 2. The van der Waals surface area contributed by atoms with Gasteiger partial charge >= 0.3 is 0 Å². The average molecular weight is 162 g/mol. The molecule has 64 valence electrons. The molecule has 0 fully saturated rings. The molecule has 0 amide bonds. The minimum absolute atomic E-state index is 0.259. The van der Waals surface area contributed by atoms with Crippen molar-refractivity contribution in [3.8, 4) is 50.9 Å². The van der Waals surface area contributed by atoms with Gasteiger partial charge in [0, 0.05) is 6.54 Å². The van der Waals surface area contributed by atoms with Gasteiger partial charge in [-0.25, -0.2) is 0 Å². The molecule has 0 heterocycles. The quantitative estimate of drug-likeness (QED) is 0.518. The molecular formula is C10H14N2. The first kappa shape index (κ1) is 22.5. The summed E-state index contributed by atoms with van der Waals surface area (Å²) in [6, 6.07) is -0.259. The van der Waals surface area contributed by atoms with Crippen LogP contribution in [0.4, 0.5) is 0 Å². The summed E-state index contributed by atoms with van der Waals surface area (Å²) in [5.74, 6) is 2.27. The first-order valence-electron chi connectivity index (χ1n) is 2.73. The zero-order chi connectivity index (χ0) is 11.0. The van der Waals surface area contributed by atoms with Gasteiger partial charge in [0.25, 0.3) is 0 Å². The van der Waals surface area contributed by atoms with Crippen LogP contribution in [0.25, 0.3) is 0 Å². The second kappa shape index (κ2) is 61.1. The molecule has 2 heteroatoms. The molecule has 0 aromatic carbocycles. The van der Waals surface area contributed by atoms with Crippen molar-refractivity contribution in [3.63, 3.8) is 0 Å². The third-order valence-electron chi connectivity index (χ3n) is 0.468. The smallest absolute Gasteiger partial charge is 0.0786 e. The fourth-order valence-corrected chi connectivity index (χ4v) is 0.0680. The van der Waals surface area contributed by atoms with Crippen LogP contribution in [0.1, 0.15) is 0 Å². The van der Waals surface area contributed by atoms with E-state index in [0.717, 1.165) is 0 Å². The molecule has 4 N–H and O–H groups in total. The van der Waals surface area contributed by atoms with Gasteiger partial charge in [-0.15, -0.1) is 45.0 Å². The zero-order valence-electron chi connectivity index (χ0n) is 6.98. The lowest BCUT2D eigenvalue weighted by Crippen LogP contribution is -2.27. The molecule has 0 saturated heterocycles. The first-order valence-corrected chi connectivity index (χ1v) is 2.73. The van der Waals surface area contributed by atoms with Gasteiger partial charge in [0.2, 0.25) is 0 Å². The van der Waals surface area contributed by atoms with Gasteiger partial charge in [0.1, 0.15) is 0 Å². The van der Waals surface area contributed by atoms with E-state index in [2.05, 4.69) is 44.5 Å². The Labute approximate surface area is 75.7 Å². The van der Waals surface area contributed by atoms with Gasteiger partial charge in [-0.05, 0) is 0 Å². The SMILES string of the molecule is C#C.C#C.C#C.C#CC(N)CN. The van der Waals surface area contributed by atoms with Crippen molar-refractivity contribution >= 4 is 0 Å². The van der Waals surface area contributed by atoms with Crippen LogP contribution in [-0.4, -0.2) is 12.6 Å². The summed E-state index contributed by atoms with van der Waals surface area (Å²) in [6.07, 6.45) is 28.8. The minimum Gasteiger partial charge on any atom is -0.328 e. The summed E-state index contributed by atoms with van der Waals surface area (Å²) in [5, 5.41) is 0. The highest BCUT2D eigenvalue weighted by Crippen LogP contribution is 1.60. The molecule has 0 radical (unpaired) electrons. The van der Waals surface area contributed by atoms with Gasteiger partial charge in [-0.3, -0.25) is 0 Å². The van der Waals surface area contributed by atoms with Gasteiger partial charge in [0.05, 0.1) is 6.04 Å². The minimum atomic E-state index is -0.259. The normalized spacial score (nSPS) is 6.92. The lowest BCUT2D eigenvalue weighted by Gasteiger charge is -1.92. The van der Waals surface area contributed by atoms with Crippen molar-refractivity contribution in [2.24, 2.45) is 11.5 Å². The molecule has 12 heavy (non-hydrogen) atoms. The maximum absolute atomic E-state index is 5.11. The molecule has 2 nitrogen and oxygen atoms in total. The molecule has 0 aromatic heterocycles. The van der Waals surface area contributed by atoms with E-state index < -0.39 is 0 Å². The van der Waals surface area contributed by atoms with Crippen LogP contribution in [0.15, 0.2) is 0 Å². The Kier molecular flexibility index (Phi) is 114. The maximum atomic E-state index is 5.11. The highest BCUT2D eigenvalue weighted by Gasteiger charge is 1.85. The van der Waals surface area contributed by atoms with Crippen LogP contribution in [-0.2, 0) is 0 Å². The Balaban J connectivity index is -0.0000000453. The van der Waals surface area contributed by atoms with E-state index in [-0.39, 0.29) is 6.04 Å². The number of hydrogen-bond donors (Lipinski definition) is 2. The highest BCUT2D eigenvalue weighted by molar-refractivity contribution is 4.96. The fraction of sp³-hybridized carbons (Fsp3) is 0.200. The molecule has 0 aliphatic heterocycles. The number of terminal acetylenes is 4. The molecule has 0 bridgehead atoms. The molecule has 1 atom stereocenters. The van der Waals surface area contributed by atoms with Crippen molar-refractivity contribution in [3.05, 3.63) is 0 Å². The zero-order valence-corrected chi connectivity index (χ0v) is 6.98. The highest BCUT2D eigenvalue weighted by atomic mass is 14.7. The van der Waals surface area contributed by atoms with Crippen LogP contribution >= 0.6 is 0 Å². The van der Waals surface area contributed by atoms with Crippen molar-refractivity contribution in [2.45, 2.75) is 6.04 Å². The van der Waals surface area contributed by atoms with Gasteiger partial charge in [-0.1, -0.05) is 5.92 Å². The van der Waals surface area contributed by atoms with Gasteiger partial charge in [-0.2, -0.15) is 0 Å². The molecule has 0 aliphatic carbocycles. The predicted octanol–water partition coefficient (Wildman–Crippen LogP) is -0.346. The summed E-state index contributed by atoms with van der Waals surface area (Å²) in [7, 11) is 0. The second-order valence-corrected chi connectivity index (χ2v) is 1.01. The Morgan fingerprint density at radius 2 is 1.25 bits per heavy atom. The van der Waals surface area contributed by atoms with Crippen LogP contribution in [0.3, 0.4) is 0 Å². The van der Waals surface area contributed by atoms with E-state index in [1.54, 1.807) is 0 Å². The van der Waals surface area contributed by atoms with Crippen molar-refractivity contribution in [1.82, 2.24) is 0 Å². The van der Waals surface area contributed by atoms with Gasteiger partial charge in [0.15, 0.2) is 0 Å². The van der Waals surface area contributed by atoms with Gasteiger partial charge < -0.3 is 11.5 Å². The summed E-state index contributed by atoms with van der Waals surface area (Å²) in [6.45, 7) is 0.372. The molecule has 0 saturated carbocycles. The van der Waals surface area contributed by atoms with E-state index >= 15 is 0 Å². The van der Waals surface area contributed by atoms with Crippen LogP contribution < -0.4 is 11.5 Å². The fourth-order valence-electron chi connectivity index (χ4n) is 0.0680. The van der Waals surface area contributed by atoms with Crippen LogP contribution in [0.5, 0.6) is 0 Å². The lowest BCUT2D eigenvalue weighted by atomic mass is 10.3. The Bertz CT molecular complexity index is 131. The van der Waals surface area contributed by atoms with E-state index in [9.17, 15) is 0 Å². The third kappa shape index (κ3) is 89.7. The summed E-state index contributed by atoms with van der Waals surface area (Å²) < 4.78 is 0. The first-order chi connectivity index (χ1) is 5.81. The average Bonchev–Trinajstić information content (AvgIpc) is 2.25. The third-order valence-corrected chi connectivity index (χ3v) is 0.468. The molecule has 0 aliphatic rings. The largest absolute Gasteiger partial charge is 0.328 e. The van der Waals surface area contributed by atoms with E-state index in [1.165, 1.54) is 0 Å². The lowest BCUT2D eigenvalue weighted by molar-refractivity contribution is 0.849.